The summed E-state index contributed by atoms with van der Waals surface area (Å²) in [6.07, 6.45) is 5.82. The molecule has 2 aliphatic rings. The van der Waals surface area contributed by atoms with Gasteiger partial charge in [-0.3, -0.25) is 0 Å². The minimum atomic E-state index is -3.04. The minimum absolute atomic E-state index is 0.0405. The lowest BCUT2D eigenvalue weighted by molar-refractivity contribution is 0.0428. The van der Waals surface area contributed by atoms with Gasteiger partial charge >= 0.3 is 0 Å². The molecule has 100 valence electrons. The number of hydrogen-bond acceptors (Lipinski definition) is 3. The fourth-order valence-corrected chi connectivity index (χ4v) is 4.38. The number of sulfone groups is 1. The van der Waals surface area contributed by atoms with Gasteiger partial charge in [0.05, 0.1) is 5.25 Å². The van der Waals surface area contributed by atoms with Gasteiger partial charge in [0, 0.05) is 12.8 Å². The van der Waals surface area contributed by atoms with Gasteiger partial charge in [-0.2, -0.15) is 0 Å². The molecule has 0 spiro atoms. The van der Waals surface area contributed by atoms with Crippen LogP contribution in [-0.4, -0.2) is 32.1 Å². The number of alkyl halides is 1. The molecule has 0 aromatic carbocycles. The van der Waals surface area contributed by atoms with Crippen LogP contribution in [0.2, 0.25) is 0 Å². The first kappa shape index (κ1) is 13.3. The van der Waals surface area contributed by atoms with Crippen LogP contribution in [0.4, 0.5) is 4.39 Å². The molecule has 3 nitrogen and oxygen atoms in total. The molecule has 0 aromatic rings. The third kappa shape index (κ3) is 2.65. The smallest absolute Gasteiger partial charge is 0.150 e. The SMILES string of the molecule is CS(=O)(=O)C1CCCC(C(F)(CN)C2CC2)C1. The molecule has 0 aromatic heterocycles. The Balaban J connectivity index is 2.11. The van der Waals surface area contributed by atoms with Crippen LogP contribution in [-0.2, 0) is 9.84 Å². The van der Waals surface area contributed by atoms with Crippen molar-refractivity contribution in [1.29, 1.82) is 0 Å². The van der Waals surface area contributed by atoms with E-state index < -0.39 is 15.5 Å². The summed E-state index contributed by atoms with van der Waals surface area (Å²) in [5, 5.41) is -0.360. The van der Waals surface area contributed by atoms with Crippen molar-refractivity contribution >= 4 is 9.84 Å². The van der Waals surface area contributed by atoms with E-state index in [0.29, 0.717) is 12.8 Å². The maximum Gasteiger partial charge on any atom is 0.150 e. The van der Waals surface area contributed by atoms with Crippen LogP contribution in [0.25, 0.3) is 0 Å². The van der Waals surface area contributed by atoms with Crippen LogP contribution in [0.5, 0.6) is 0 Å². The monoisotopic (exact) mass is 263 g/mol. The van der Waals surface area contributed by atoms with E-state index in [0.717, 1.165) is 25.7 Å². The molecule has 17 heavy (non-hydrogen) atoms. The molecule has 2 rings (SSSR count). The Morgan fingerprint density at radius 1 is 1.24 bits per heavy atom. The van der Waals surface area contributed by atoms with Crippen molar-refractivity contribution < 1.29 is 12.8 Å². The largest absolute Gasteiger partial charge is 0.328 e. The maximum atomic E-state index is 14.8. The van der Waals surface area contributed by atoms with E-state index in [1.165, 1.54) is 6.26 Å². The van der Waals surface area contributed by atoms with Gasteiger partial charge in [0.2, 0.25) is 0 Å². The second-order valence-corrected chi connectivity index (χ2v) is 8.05. The molecule has 0 bridgehead atoms. The molecule has 2 fully saturated rings. The van der Waals surface area contributed by atoms with Gasteiger partial charge in [-0.15, -0.1) is 0 Å². The van der Waals surface area contributed by atoms with E-state index in [1.54, 1.807) is 0 Å². The van der Waals surface area contributed by atoms with E-state index in [9.17, 15) is 12.8 Å². The topological polar surface area (TPSA) is 60.2 Å². The van der Waals surface area contributed by atoms with Crippen molar-refractivity contribution in [2.24, 2.45) is 17.6 Å². The van der Waals surface area contributed by atoms with Gasteiger partial charge in [-0.25, -0.2) is 12.8 Å². The van der Waals surface area contributed by atoms with Gasteiger partial charge in [0.15, 0.2) is 0 Å². The number of rotatable bonds is 4. The fourth-order valence-electron chi connectivity index (χ4n) is 3.20. The summed E-state index contributed by atoms with van der Waals surface area (Å²) in [6, 6.07) is 0. The molecule has 0 heterocycles. The highest BCUT2D eigenvalue weighted by molar-refractivity contribution is 7.91. The van der Waals surface area contributed by atoms with Gasteiger partial charge in [-0.05, 0) is 43.9 Å². The average Bonchev–Trinajstić information content (AvgIpc) is 3.11. The molecule has 3 atom stereocenters. The Bertz CT molecular complexity index is 380. The highest BCUT2D eigenvalue weighted by Crippen LogP contribution is 2.50. The summed E-state index contributed by atoms with van der Waals surface area (Å²) in [5.74, 6) is -0.0794. The van der Waals surface area contributed by atoms with Gasteiger partial charge in [-0.1, -0.05) is 6.42 Å². The minimum Gasteiger partial charge on any atom is -0.328 e. The summed E-state index contributed by atoms with van der Waals surface area (Å²) in [6.45, 7) is 0.0405. The zero-order chi connectivity index (χ0) is 12.7. The summed E-state index contributed by atoms with van der Waals surface area (Å²) in [4.78, 5) is 0. The molecular formula is C12H22FNO2S. The predicted octanol–water partition coefficient (Wildman–Crippen LogP) is 1.67. The van der Waals surface area contributed by atoms with Gasteiger partial charge < -0.3 is 5.73 Å². The first-order chi connectivity index (χ1) is 7.88. The fraction of sp³-hybridized carbons (Fsp3) is 1.00. The lowest BCUT2D eigenvalue weighted by atomic mass is 9.75. The van der Waals surface area contributed by atoms with Crippen molar-refractivity contribution in [2.45, 2.75) is 49.4 Å². The third-order valence-electron chi connectivity index (χ3n) is 4.48. The molecule has 5 heteroatoms. The lowest BCUT2D eigenvalue weighted by Crippen LogP contribution is -2.46. The van der Waals surface area contributed by atoms with Crippen LogP contribution in [0, 0.1) is 11.8 Å². The predicted molar refractivity (Wildman–Crippen MR) is 66.2 cm³/mol. The van der Waals surface area contributed by atoms with Crippen LogP contribution in [0.15, 0.2) is 0 Å². The molecule has 2 aliphatic carbocycles. The van der Waals surface area contributed by atoms with E-state index in [1.807, 2.05) is 0 Å². The average molecular weight is 263 g/mol. The number of halogens is 1. The van der Waals surface area contributed by atoms with E-state index >= 15 is 0 Å². The van der Waals surface area contributed by atoms with E-state index in [-0.39, 0.29) is 23.6 Å². The second-order valence-electron chi connectivity index (χ2n) is 5.72. The second kappa shape index (κ2) is 4.50. The summed E-state index contributed by atoms with van der Waals surface area (Å²) in [5.41, 5.74) is 4.29. The first-order valence-corrected chi connectivity index (χ1v) is 8.41. The van der Waals surface area contributed by atoms with Crippen molar-refractivity contribution in [1.82, 2.24) is 0 Å². The van der Waals surface area contributed by atoms with Crippen LogP contribution in [0.3, 0.4) is 0 Å². The Labute approximate surface area is 103 Å². The van der Waals surface area contributed by atoms with Crippen molar-refractivity contribution in [3.63, 3.8) is 0 Å². The van der Waals surface area contributed by atoms with Crippen LogP contribution < -0.4 is 5.73 Å². The summed E-state index contributed by atoms with van der Waals surface area (Å²) >= 11 is 0. The maximum absolute atomic E-state index is 14.8. The highest BCUT2D eigenvalue weighted by Gasteiger charge is 2.51. The Hall–Kier alpha value is -0.160. The molecule has 0 amide bonds. The summed E-state index contributed by atoms with van der Waals surface area (Å²) in [7, 11) is -3.04. The standard InChI is InChI=1S/C12H22FNO2S/c1-17(15,16)11-4-2-3-10(7-11)12(13,8-14)9-5-6-9/h9-11H,2-8,14H2,1H3. The molecule has 0 aliphatic heterocycles. The Kier molecular flexibility index (Phi) is 3.51. The molecule has 0 saturated heterocycles. The molecule has 3 unspecified atom stereocenters. The molecule has 2 saturated carbocycles. The normalized spacial score (nSPS) is 34.3. The van der Waals surface area contributed by atoms with E-state index in [4.69, 9.17) is 5.73 Å². The van der Waals surface area contributed by atoms with Gasteiger partial charge in [0.25, 0.3) is 0 Å². The Morgan fingerprint density at radius 2 is 1.88 bits per heavy atom. The quantitative estimate of drug-likeness (QED) is 0.839. The molecular weight excluding hydrogens is 241 g/mol. The molecule has 2 N–H and O–H groups in total. The van der Waals surface area contributed by atoms with Crippen molar-refractivity contribution in [2.75, 3.05) is 12.8 Å². The van der Waals surface area contributed by atoms with Crippen molar-refractivity contribution in [3.05, 3.63) is 0 Å². The van der Waals surface area contributed by atoms with Crippen LogP contribution in [0.1, 0.15) is 38.5 Å². The lowest BCUT2D eigenvalue weighted by Gasteiger charge is -2.38. The first-order valence-electron chi connectivity index (χ1n) is 6.45. The van der Waals surface area contributed by atoms with Gasteiger partial charge in [0.1, 0.15) is 15.5 Å². The van der Waals surface area contributed by atoms with E-state index in [2.05, 4.69) is 0 Å². The van der Waals surface area contributed by atoms with Crippen LogP contribution >= 0.6 is 0 Å². The zero-order valence-electron chi connectivity index (χ0n) is 10.4. The number of nitrogens with two attached hydrogens (primary N) is 1. The summed E-state index contributed by atoms with van der Waals surface area (Å²) < 4.78 is 38.0. The highest BCUT2D eigenvalue weighted by atomic mass is 32.2. The van der Waals surface area contributed by atoms with Crippen molar-refractivity contribution in [3.8, 4) is 0 Å². The number of hydrogen-bond donors (Lipinski definition) is 1. The third-order valence-corrected chi connectivity index (χ3v) is 6.12. The zero-order valence-corrected chi connectivity index (χ0v) is 11.2. The molecule has 0 radical (unpaired) electrons. The Morgan fingerprint density at radius 3 is 2.35 bits per heavy atom.